The molecule has 0 saturated carbocycles. The van der Waals surface area contributed by atoms with Gasteiger partial charge in [0.1, 0.15) is 0 Å². The monoisotopic (exact) mass is 235 g/mol. The predicted octanol–water partition coefficient (Wildman–Crippen LogP) is 1.62. The van der Waals surface area contributed by atoms with Crippen LogP contribution in [-0.2, 0) is 7.05 Å². The first kappa shape index (κ1) is 11.6. The summed E-state index contributed by atoms with van der Waals surface area (Å²) >= 11 is 0. The van der Waals surface area contributed by atoms with E-state index in [2.05, 4.69) is 5.10 Å². The number of hydrogen-bond acceptors (Lipinski definition) is 3. The van der Waals surface area contributed by atoms with Crippen LogP contribution in [0.4, 0.5) is 4.39 Å². The van der Waals surface area contributed by atoms with Crippen molar-refractivity contribution in [3.63, 3.8) is 0 Å². The number of halogens is 1. The zero-order valence-corrected chi connectivity index (χ0v) is 9.72. The third-order valence-corrected chi connectivity index (χ3v) is 2.71. The summed E-state index contributed by atoms with van der Waals surface area (Å²) in [5.74, 6) is -0.200. The maximum atomic E-state index is 13.6. The molecule has 0 spiro atoms. The number of methoxy groups -OCH3 is 1. The molecule has 17 heavy (non-hydrogen) atoms. The molecule has 1 aromatic carbocycles. The zero-order chi connectivity index (χ0) is 12.4. The van der Waals surface area contributed by atoms with E-state index in [9.17, 15) is 4.39 Å². The van der Waals surface area contributed by atoms with E-state index < -0.39 is 11.9 Å². The number of nitrogens with zero attached hydrogens (tertiary/aromatic N) is 2. The first-order valence-electron chi connectivity index (χ1n) is 5.20. The number of benzene rings is 1. The van der Waals surface area contributed by atoms with Gasteiger partial charge in [0.15, 0.2) is 11.6 Å². The van der Waals surface area contributed by atoms with Gasteiger partial charge in [-0.25, -0.2) is 4.39 Å². The van der Waals surface area contributed by atoms with Crippen molar-refractivity contribution in [1.29, 1.82) is 0 Å². The standard InChI is InChI=1S/C12H14FN3O/c1-16-10(5-6-15-16)12(14)8-3-4-11(17-2)9(13)7-8/h3-7,12H,14H2,1-2H3. The van der Waals surface area contributed by atoms with E-state index in [4.69, 9.17) is 10.5 Å². The van der Waals surface area contributed by atoms with Crippen LogP contribution < -0.4 is 10.5 Å². The molecule has 0 bridgehead atoms. The van der Waals surface area contributed by atoms with Crippen LogP contribution in [0.15, 0.2) is 30.5 Å². The summed E-state index contributed by atoms with van der Waals surface area (Å²) in [6, 6.07) is 6.12. The van der Waals surface area contributed by atoms with Crippen molar-refractivity contribution in [2.45, 2.75) is 6.04 Å². The van der Waals surface area contributed by atoms with Crippen molar-refractivity contribution in [3.05, 3.63) is 47.5 Å². The van der Waals surface area contributed by atoms with E-state index in [0.29, 0.717) is 5.56 Å². The minimum atomic E-state index is -0.414. The normalized spacial score (nSPS) is 12.5. The molecule has 5 heteroatoms. The van der Waals surface area contributed by atoms with Gasteiger partial charge in [-0.15, -0.1) is 0 Å². The average Bonchev–Trinajstić information content (AvgIpc) is 2.74. The molecule has 1 unspecified atom stereocenters. The van der Waals surface area contributed by atoms with Crippen LogP contribution in [0.1, 0.15) is 17.3 Å². The molecule has 2 aromatic rings. The number of aryl methyl sites for hydroxylation is 1. The Morgan fingerprint density at radius 3 is 2.71 bits per heavy atom. The fourth-order valence-corrected chi connectivity index (χ4v) is 1.74. The van der Waals surface area contributed by atoms with E-state index in [1.165, 1.54) is 13.2 Å². The molecule has 1 aromatic heterocycles. The van der Waals surface area contributed by atoms with Gasteiger partial charge >= 0.3 is 0 Å². The molecule has 0 aliphatic rings. The summed E-state index contributed by atoms with van der Waals surface area (Å²) in [4.78, 5) is 0. The molecule has 1 heterocycles. The molecule has 0 saturated heterocycles. The van der Waals surface area contributed by atoms with Gasteiger partial charge in [0.05, 0.1) is 18.8 Å². The first-order chi connectivity index (χ1) is 8.13. The van der Waals surface area contributed by atoms with Crippen molar-refractivity contribution >= 4 is 0 Å². The second-order valence-electron chi connectivity index (χ2n) is 3.75. The van der Waals surface area contributed by atoms with Gasteiger partial charge in [-0.3, -0.25) is 4.68 Å². The Kier molecular flexibility index (Phi) is 3.10. The van der Waals surface area contributed by atoms with E-state index in [1.54, 1.807) is 30.1 Å². The molecule has 0 fully saturated rings. The highest BCUT2D eigenvalue weighted by atomic mass is 19.1. The Bertz CT molecular complexity index is 524. The summed E-state index contributed by atoms with van der Waals surface area (Å²) in [6.07, 6.45) is 1.66. The molecule has 2 rings (SSSR count). The maximum Gasteiger partial charge on any atom is 0.165 e. The van der Waals surface area contributed by atoms with Crippen LogP contribution in [0.5, 0.6) is 5.75 Å². The SMILES string of the molecule is COc1ccc(C(N)c2ccnn2C)cc1F. The van der Waals surface area contributed by atoms with Gasteiger partial charge in [0, 0.05) is 13.2 Å². The topological polar surface area (TPSA) is 53.1 Å². The number of nitrogens with two attached hydrogens (primary N) is 1. The van der Waals surface area contributed by atoms with Gasteiger partial charge in [0.25, 0.3) is 0 Å². The van der Waals surface area contributed by atoms with Gasteiger partial charge in [-0.05, 0) is 23.8 Å². The Morgan fingerprint density at radius 2 is 2.18 bits per heavy atom. The molecular weight excluding hydrogens is 221 g/mol. The summed E-state index contributed by atoms with van der Waals surface area (Å²) in [6.45, 7) is 0. The Morgan fingerprint density at radius 1 is 1.41 bits per heavy atom. The van der Waals surface area contributed by atoms with Crippen molar-refractivity contribution in [1.82, 2.24) is 9.78 Å². The van der Waals surface area contributed by atoms with Gasteiger partial charge < -0.3 is 10.5 Å². The van der Waals surface area contributed by atoms with E-state index in [1.807, 2.05) is 6.07 Å². The van der Waals surface area contributed by atoms with Crippen molar-refractivity contribution in [2.24, 2.45) is 12.8 Å². The van der Waals surface area contributed by atoms with E-state index >= 15 is 0 Å². The number of hydrogen-bond donors (Lipinski definition) is 1. The molecule has 1 atom stereocenters. The predicted molar refractivity (Wildman–Crippen MR) is 62.2 cm³/mol. The van der Waals surface area contributed by atoms with Crippen LogP contribution >= 0.6 is 0 Å². The minimum absolute atomic E-state index is 0.214. The summed E-state index contributed by atoms with van der Waals surface area (Å²) < 4.78 is 20.1. The van der Waals surface area contributed by atoms with Crippen LogP contribution in [0.2, 0.25) is 0 Å². The number of aromatic nitrogens is 2. The number of rotatable bonds is 3. The van der Waals surface area contributed by atoms with Crippen LogP contribution in [0.3, 0.4) is 0 Å². The van der Waals surface area contributed by atoms with Crippen LogP contribution in [0, 0.1) is 5.82 Å². The first-order valence-corrected chi connectivity index (χ1v) is 5.20. The average molecular weight is 235 g/mol. The van der Waals surface area contributed by atoms with E-state index in [0.717, 1.165) is 5.69 Å². The van der Waals surface area contributed by atoms with Crippen LogP contribution in [0.25, 0.3) is 0 Å². The molecule has 4 nitrogen and oxygen atoms in total. The lowest BCUT2D eigenvalue weighted by Gasteiger charge is -2.13. The second-order valence-corrected chi connectivity index (χ2v) is 3.75. The molecule has 0 aliphatic carbocycles. The smallest absolute Gasteiger partial charge is 0.165 e. The molecule has 0 aliphatic heterocycles. The third-order valence-electron chi connectivity index (χ3n) is 2.71. The fourth-order valence-electron chi connectivity index (χ4n) is 1.74. The molecular formula is C12H14FN3O. The Hall–Kier alpha value is -1.88. The van der Waals surface area contributed by atoms with Gasteiger partial charge in [-0.2, -0.15) is 5.10 Å². The Labute approximate surface area is 98.8 Å². The summed E-state index contributed by atoms with van der Waals surface area (Å²) in [7, 11) is 3.23. The zero-order valence-electron chi connectivity index (χ0n) is 9.72. The quantitative estimate of drug-likeness (QED) is 0.879. The maximum absolute atomic E-state index is 13.6. The second kappa shape index (κ2) is 4.55. The number of ether oxygens (including phenoxy) is 1. The molecule has 90 valence electrons. The lowest BCUT2D eigenvalue weighted by Crippen LogP contribution is -2.16. The van der Waals surface area contributed by atoms with Crippen molar-refractivity contribution in [3.8, 4) is 5.75 Å². The third kappa shape index (κ3) is 2.14. The lowest BCUT2D eigenvalue weighted by molar-refractivity contribution is 0.386. The largest absolute Gasteiger partial charge is 0.494 e. The lowest BCUT2D eigenvalue weighted by atomic mass is 10.0. The fraction of sp³-hybridized carbons (Fsp3) is 0.250. The highest BCUT2D eigenvalue weighted by Gasteiger charge is 2.14. The van der Waals surface area contributed by atoms with Gasteiger partial charge in [-0.1, -0.05) is 6.07 Å². The van der Waals surface area contributed by atoms with Crippen LogP contribution in [-0.4, -0.2) is 16.9 Å². The van der Waals surface area contributed by atoms with E-state index in [-0.39, 0.29) is 5.75 Å². The van der Waals surface area contributed by atoms with Crippen molar-refractivity contribution < 1.29 is 9.13 Å². The minimum Gasteiger partial charge on any atom is -0.494 e. The molecule has 0 amide bonds. The highest BCUT2D eigenvalue weighted by molar-refractivity contribution is 5.34. The molecule has 2 N–H and O–H groups in total. The summed E-state index contributed by atoms with van der Waals surface area (Å²) in [5, 5.41) is 4.04. The molecule has 0 radical (unpaired) electrons. The van der Waals surface area contributed by atoms with Gasteiger partial charge in [0.2, 0.25) is 0 Å². The highest BCUT2D eigenvalue weighted by Crippen LogP contribution is 2.24. The Balaban J connectivity index is 2.35. The summed E-state index contributed by atoms with van der Waals surface area (Å²) in [5.41, 5.74) is 7.57. The van der Waals surface area contributed by atoms with Crippen molar-refractivity contribution in [2.75, 3.05) is 7.11 Å².